The van der Waals surface area contributed by atoms with Crippen molar-refractivity contribution in [3.8, 4) is 0 Å². The van der Waals surface area contributed by atoms with Gasteiger partial charge in [-0.1, -0.05) is 11.6 Å². The van der Waals surface area contributed by atoms with Gasteiger partial charge >= 0.3 is 0 Å². The van der Waals surface area contributed by atoms with Crippen LogP contribution in [0.1, 0.15) is 5.82 Å². The molecule has 2 aromatic rings. The molecule has 0 aliphatic carbocycles. The van der Waals surface area contributed by atoms with Crippen LogP contribution in [0.5, 0.6) is 0 Å². The van der Waals surface area contributed by atoms with Crippen molar-refractivity contribution in [1.82, 2.24) is 19.2 Å². The third-order valence-electron chi connectivity index (χ3n) is 3.82. The van der Waals surface area contributed by atoms with Gasteiger partial charge in [0.2, 0.25) is 0 Å². The first kappa shape index (κ1) is 12.9. The van der Waals surface area contributed by atoms with Gasteiger partial charge in [-0.15, -0.1) is 0 Å². The third kappa shape index (κ3) is 2.91. The number of hydrogen-bond acceptors (Lipinski definition) is 3. The van der Waals surface area contributed by atoms with Gasteiger partial charge in [-0.25, -0.2) is 4.98 Å². The molecule has 0 N–H and O–H groups in total. The Hall–Kier alpha value is -1.10. The SMILES string of the molecule is CN1CCN(CCc2ncc3cc(Cl)ccn23)CC1. The summed E-state index contributed by atoms with van der Waals surface area (Å²) in [6, 6.07) is 3.86. The highest BCUT2D eigenvalue weighted by atomic mass is 35.5. The average molecular weight is 279 g/mol. The number of nitrogens with zero attached hydrogens (tertiary/aromatic N) is 4. The zero-order valence-electron chi connectivity index (χ0n) is 11.2. The van der Waals surface area contributed by atoms with Gasteiger partial charge in [-0.3, -0.25) is 0 Å². The van der Waals surface area contributed by atoms with Crippen molar-refractivity contribution in [3.63, 3.8) is 0 Å². The lowest BCUT2D eigenvalue weighted by Crippen LogP contribution is -2.45. The Kier molecular flexibility index (Phi) is 3.73. The minimum absolute atomic E-state index is 0.762. The number of fused-ring (bicyclic) bond motifs is 1. The van der Waals surface area contributed by atoms with Crippen LogP contribution in [-0.2, 0) is 6.42 Å². The smallest absolute Gasteiger partial charge is 0.114 e. The number of halogens is 1. The van der Waals surface area contributed by atoms with Gasteiger partial charge < -0.3 is 14.2 Å². The highest BCUT2D eigenvalue weighted by Crippen LogP contribution is 2.14. The predicted molar refractivity (Wildman–Crippen MR) is 77.8 cm³/mol. The number of aromatic nitrogens is 2. The van der Waals surface area contributed by atoms with Crippen LogP contribution in [0.15, 0.2) is 24.5 Å². The summed E-state index contributed by atoms with van der Waals surface area (Å²) < 4.78 is 2.13. The van der Waals surface area contributed by atoms with E-state index in [4.69, 9.17) is 11.6 Å². The minimum atomic E-state index is 0.762. The maximum absolute atomic E-state index is 5.99. The molecule has 0 saturated carbocycles. The molecule has 4 nitrogen and oxygen atoms in total. The summed E-state index contributed by atoms with van der Waals surface area (Å²) in [5, 5.41) is 0.762. The molecule has 0 bridgehead atoms. The van der Waals surface area contributed by atoms with Crippen molar-refractivity contribution in [2.45, 2.75) is 6.42 Å². The molecular formula is C14H19ClN4. The number of imidazole rings is 1. The van der Waals surface area contributed by atoms with E-state index in [9.17, 15) is 0 Å². The van der Waals surface area contributed by atoms with Gasteiger partial charge in [-0.05, 0) is 19.2 Å². The van der Waals surface area contributed by atoms with E-state index in [0.29, 0.717) is 0 Å². The summed E-state index contributed by atoms with van der Waals surface area (Å²) in [6.07, 6.45) is 4.88. The zero-order valence-corrected chi connectivity index (χ0v) is 12.0. The van der Waals surface area contributed by atoms with E-state index in [0.717, 1.165) is 55.5 Å². The maximum Gasteiger partial charge on any atom is 0.114 e. The second-order valence-corrected chi connectivity index (χ2v) is 5.65. The molecule has 0 atom stereocenters. The normalized spacial score (nSPS) is 18.2. The topological polar surface area (TPSA) is 23.8 Å². The summed E-state index contributed by atoms with van der Waals surface area (Å²) in [7, 11) is 2.18. The molecule has 1 aliphatic rings. The number of rotatable bonds is 3. The largest absolute Gasteiger partial charge is 0.304 e. The Bertz CT molecular complexity index is 558. The van der Waals surface area contributed by atoms with Gasteiger partial charge in [0.05, 0.1) is 11.7 Å². The van der Waals surface area contributed by atoms with Gasteiger partial charge in [0, 0.05) is 50.4 Å². The Morgan fingerprint density at radius 3 is 2.84 bits per heavy atom. The van der Waals surface area contributed by atoms with Gasteiger partial charge in [0.1, 0.15) is 5.82 Å². The first-order valence-corrected chi connectivity index (χ1v) is 7.12. The van der Waals surface area contributed by atoms with E-state index < -0.39 is 0 Å². The first-order chi connectivity index (χ1) is 9.22. The Morgan fingerprint density at radius 1 is 1.26 bits per heavy atom. The summed E-state index contributed by atoms with van der Waals surface area (Å²) in [4.78, 5) is 9.39. The van der Waals surface area contributed by atoms with Gasteiger partial charge in [0.15, 0.2) is 0 Å². The Balaban J connectivity index is 1.65. The van der Waals surface area contributed by atoms with Gasteiger partial charge in [-0.2, -0.15) is 0 Å². The molecule has 0 unspecified atom stereocenters. The summed E-state index contributed by atoms with van der Waals surface area (Å²) in [6.45, 7) is 5.72. The number of pyridine rings is 1. The van der Waals surface area contributed by atoms with Crippen LogP contribution >= 0.6 is 11.6 Å². The summed E-state index contributed by atoms with van der Waals surface area (Å²) >= 11 is 5.99. The molecule has 0 aromatic carbocycles. The molecule has 19 heavy (non-hydrogen) atoms. The van der Waals surface area contributed by atoms with Gasteiger partial charge in [0.25, 0.3) is 0 Å². The van der Waals surface area contributed by atoms with E-state index in [1.165, 1.54) is 0 Å². The van der Waals surface area contributed by atoms with E-state index in [-0.39, 0.29) is 0 Å². The third-order valence-corrected chi connectivity index (χ3v) is 4.05. The Morgan fingerprint density at radius 2 is 2.05 bits per heavy atom. The van der Waals surface area contributed by atoms with Crippen LogP contribution in [0.4, 0.5) is 0 Å². The van der Waals surface area contributed by atoms with Crippen molar-refractivity contribution in [2.75, 3.05) is 39.8 Å². The fourth-order valence-corrected chi connectivity index (χ4v) is 2.71. The molecule has 5 heteroatoms. The summed E-state index contributed by atoms with van der Waals surface area (Å²) in [5.41, 5.74) is 1.07. The molecule has 1 fully saturated rings. The number of piperazine rings is 1. The number of hydrogen-bond donors (Lipinski definition) is 0. The van der Waals surface area contributed by atoms with E-state index in [1.807, 2.05) is 24.5 Å². The maximum atomic E-state index is 5.99. The number of likely N-dealkylation sites (N-methyl/N-ethyl adjacent to an activating group) is 1. The van der Waals surface area contributed by atoms with Crippen molar-refractivity contribution >= 4 is 17.1 Å². The quantitative estimate of drug-likeness (QED) is 0.855. The second-order valence-electron chi connectivity index (χ2n) is 5.21. The van der Waals surface area contributed by atoms with Crippen molar-refractivity contribution in [1.29, 1.82) is 0 Å². The van der Waals surface area contributed by atoms with Crippen molar-refractivity contribution in [2.24, 2.45) is 0 Å². The summed E-state index contributed by atoms with van der Waals surface area (Å²) in [5.74, 6) is 1.12. The molecule has 1 saturated heterocycles. The fraction of sp³-hybridized carbons (Fsp3) is 0.500. The lowest BCUT2D eigenvalue weighted by atomic mass is 10.3. The second kappa shape index (κ2) is 5.49. The highest BCUT2D eigenvalue weighted by molar-refractivity contribution is 6.30. The first-order valence-electron chi connectivity index (χ1n) is 6.75. The van der Waals surface area contributed by atoms with Crippen LogP contribution in [-0.4, -0.2) is 59.0 Å². The zero-order chi connectivity index (χ0) is 13.2. The van der Waals surface area contributed by atoms with Crippen molar-refractivity contribution < 1.29 is 0 Å². The van der Waals surface area contributed by atoms with E-state index >= 15 is 0 Å². The van der Waals surface area contributed by atoms with Crippen LogP contribution in [0.25, 0.3) is 5.52 Å². The Labute approximate surface area is 118 Å². The molecule has 1 aliphatic heterocycles. The molecule has 2 aromatic heterocycles. The average Bonchev–Trinajstić information content (AvgIpc) is 2.80. The highest BCUT2D eigenvalue weighted by Gasteiger charge is 2.14. The van der Waals surface area contributed by atoms with Crippen LogP contribution in [0.3, 0.4) is 0 Å². The molecule has 0 radical (unpaired) electrons. The lowest BCUT2D eigenvalue weighted by Gasteiger charge is -2.32. The van der Waals surface area contributed by atoms with Crippen LogP contribution < -0.4 is 0 Å². The van der Waals surface area contributed by atoms with E-state index in [2.05, 4.69) is 26.2 Å². The van der Waals surface area contributed by atoms with E-state index in [1.54, 1.807) is 0 Å². The molecule has 0 amide bonds. The molecule has 3 rings (SSSR count). The van der Waals surface area contributed by atoms with Crippen LogP contribution in [0, 0.1) is 0 Å². The molecule has 3 heterocycles. The molecule has 102 valence electrons. The minimum Gasteiger partial charge on any atom is -0.304 e. The lowest BCUT2D eigenvalue weighted by molar-refractivity contribution is 0.155. The van der Waals surface area contributed by atoms with Crippen LogP contribution in [0.2, 0.25) is 5.02 Å². The van der Waals surface area contributed by atoms with Crippen molar-refractivity contribution in [3.05, 3.63) is 35.4 Å². The molecule has 0 spiro atoms. The monoisotopic (exact) mass is 278 g/mol. The standard InChI is InChI=1S/C14H19ClN4/c1-17-6-8-18(9-7-17)4-3-14-16-11-13-10-12(15)2-5-19(13)14/h2,5,10-11H,3-4,6-9H2,1H3. The predicted octanol–water partition coefficient (Wildman–Crippen LogP) is 1.78. The molecular weight excluding hydrogens is 260 g/mol. The fourth-order valence-electron chi connectivity index (χ4n) is 2.54.